The summed E-state index contributed by atoms with van der Waals surface area (Å²) < 4.78 is 2.62. The van der Waals surface area contributed by atoms with Gasteiger partial charge in [-0.05, 0) is 0 Å². The number of hydrogen-bond acceptors (Lipinski definition) is 2. The van der Waals surface area contributed by atoms with Gasteiger partial charge in [0.25, 0.3) is 5.56 Å². The SMILES string of the molecule is Cn1c(C(C)(C)C)cc(=O)n(C)c1=O. The smallest absolute Gasteiger partial charge is 0.300 e. The Labute approximate surface area is 82.8 Å². The average Bonchev–Trinajstić information content (AvgIpc) is 2.06. The summed E-state index contributed by atoms with van der Waals surface area (Å²) in [6.45, 7) is 5.92. The van der Waals surface area contributed by atoms with Gasteiger partial charge in [-0.2, -0.15) is 0 Å². The second-order valence-electron chi connectivity index (χ2n) is 4.52. The van der Waals surface area contributed by atoms with Crippen LogP contribution in [0.25, 0.3) is 0 Å². The van der Waals surface area contributed by atoms with Crippen molar-refractivity contribution in [1.82, 2.24) is 9.13 Å². The third-order valence-corrected chi connectivity index (χ3v) is 2.29. The summed E-state index contributed by atoms with van der Waals surface area (Å²) in [4.78, 5) is 23.0. The van der Waals surface area contributed by atoms with Crippen molar-refractivity contribution in [3.63, 3.8) is 0 Å². The van der Waals surface area contributed by atoms with E-state index in [1.54, 1.807) is 7.05 Å². The van der Waals surface area contributed by atoms with Gasteiger partial charge in [-0.1, -0.05) is 20.8 Å². The molecule has 0 saturated carbocycles. The molecular formula is C10H16N2O2. The van der Waals surface area contributed by atoms with Gasteiger partial charge in [0.1, 0.15) is 0 Å². The Morgan fingerprint density at radius 2 is 1.57 bits per heavy atom. The van der Waals surface area contributed by atoms with E-state index in [0.29, 0.717) is 0 Å². The van der Waals surface area contributed by atoms with E-state index in [4.69, 9.17) is 0 Å². The van der Waals surface area contributed by atoms with Crippen LogP contribution in [-0.4, -0.2) is 9.13 Å². The van der Waals surface area contributed by atoms with Crippen LogP contribution in [-0.2, 0) is 19.5 Å². The molecule has 0 aliphatic heterocycles. The van der Waals surface area contributed by atoms with Crippen LogP contribution in [0.5, 0.6) is 0 Å². The van der Waals surface area contributed by atoms with Crippen molar-refractivity contribution in [1.29, 1.82) is 0 Å². The molecule has 0 aliphatic carbocycles. The van der Waals surface area contributed by atoms with Crippen molar-refractivity contribution in [2.75, 3.05) is 0 Å². The molecule has 0 bridgehead atoms. The molecule has 0 amide bonds. The second kappa shape index (κ2) is 3.12. The molecule has 1 rings (SSSR count). The van der Waals surface area contributed by atoms with Gasteiger partial charge in [0.05, 0.1) is 0 Å². The van der Waals surface area contributed by atoms with Gasteiger partial charge in [0.2, 0.25) is 0 Å². The molecule has 0 saturated heterocycles. The quantitative estimate of drug-likeness (QED) is 0.602. The zero-order valence-electron chi connectivity index (χ0n) is 9.29. The van der Waals surface area contributed by atoms with Crippen LogP contribution in [0.15, 0.2) is 15.7 Å². The molecule has 0 aromatic carbocycles. The Bertz CT molecular complexity index is 460. The third kappa shape index (κ3) is 1.64. The van der Waals surface area contributed by atoms with E-state index in [0.717, 1.165) is 10.3 Å². The van der Waals surface area contributed by atoms with Gasteiger partial charge in [-0.25, -0.2) is 4.79 Å². The van der Waals surface area contributed by atoms with Crippen LogP contribution < -0.4 is 11.2 Å². The van der Waals surface area contributed by atoms with Gasteiger partial charge in [-0.15, -0.1) is 0 Å². The highest BCUT2D eigenvalue weighted by Crippen LogP contribution is 2.18. The molecule has 0 aliphatic rings. The molecule has 78 valence electrons. The molecule has 0 radical (unpaired) electrons. The lowest BCUT2D eigenvalue weighted by atomic mass is 9.91. The third-order valence-electron chi connectivity index (χ3n) is 2.29. The van der Waals surface area contributed by atoms with E-state index >= 15 is 0 Å². The lowest BCUT2D eigenvalue weighted by molar-refractivity contribution is 0.510. The van der Waals surface area contributed by atoms with E-state index in [1.807, 2.05) is 20.8 Å². The minimum absolute atomic E-state index is 0.193. The van der Waals surface area contributed by atoms with Crippen LogP contribution in [0, 0.1) is 0 Å². The maximum absolute atomic E-state index is 11.6. The maximum atomic E-state index is 11.6. The van der Waals surface area contributed by atoms with E-state index in [-0.39, 0.29) is 16.7 Å². The molecule has 0 unspecified atom stereocenters. The molecule has 1 aromatic heterocycles. The molecule has 0 atom stereocenters. The largest absolute Gasteiger partial charge is 0.330 e. The molecule has 4 heteroatoms. The van der Waals surface area contributed by atoms with Crippen molar-refractivity contribution < 1.29 is 0 Å². The summed E-state index contributed by atoms with van der Waals surface area (Å²) >= 11 is 0. The topological polar surface area (TPSA) is 44.0 Å². The summed E-state index contributed by atoms with van der Waals surface area (Å²) in [6.07, 6.45) is 0. The molecule has 1 heterocycles. The second-order valence-corrected chi connectivity index (χ2v) is 4.52. The highest BCUT2D eigenvalue weighted by molar-refractivity contribution is 5.12. The van der Waals surface area contributed by atoms with Crippen molar-refractivity contribution in [2.45, 2.75) is 26.2 Å². The summed E-state index contributed by atoms with van der Waals surface area (Å²) in [5.41, 5.74) is 0.0347. The van der Waals surface area contributed by atoms with Crippen LogP contribution in [0.4, 0.5) is 0 Å². The minimum atomic E-state index is -0.276. The Balaban J connectivity index is 3.67. The Kier molecular flexibility index (Phi) is 2.39. The number of aromatic nitrogens is 2. The lowest BCUT2D eigenvalue weighted by Crippen LogP contribution is -2.40. The zero-order valence-corrected chi connectivity index (χ0v) is 9.29. The highest BCUT2D eigenvalue weighted by Gasteiger charge is 2.18. The van der Waals surface area contributed by atoms with E-state index in [9.17, 15) is 9.59 Å². The fourth-order valence-electron chi connectivity index (χ4n) is 1.45. The van der Waals surface area contributed by atoms with Crippen LogP contribution in [0.2, 0.25) is 0 Å². The molecule has 0 spiro atoms. The van der Waals surface area contributed by atoms with E-state index in [2.05, 4.69) is 0 Å². The number of nitrogens with zero attached hydrogens (tertiary/aromatic N) is 2. The summed E-state index contributed by atoms with van der Waals surface area (Å²) in [5.74, 6) is 0. The Morgan fingerprint density at radius 1 is 1.07 bits per heavy atom. The zero-order chi connectivity index (χ0) is 11.1. The molecule has 0 N–H and O–H groups in total. The van der Waals surface area contributed by atoms with Crippen LogP contribution in [0.3, 0.4) is 0 Å². The Morgan fingerprint density at radius 3 is 2.00 bits per heavy atom. The van der Waals surface area contributed by atoms with E-state index < -0.39 is 0 Å². The molecular weight excluding hydrogens is 180 g/mol. The summed E-state index contributed by atoms with van der Waals surface area (Å²) in [6, 6.07) is 1.52. The van der Waals surface area contributed by atoms with Crippen molar-refractivity contribution in [3.8, 4) is 0 Å². The standard InChI is InChI=1S/C10H16N2O2/c1-10(2,3)7-6-8(13)12(5)9(14)11(7)4/h6H,1-5H3. The monoisotopic (exact) mass is 196 g/mol. The number of hydrogen-bond donors (Lipinski definition) is 0. The average molecular weight is 196 g/mol. The van der Waals surface area contributed by atoms with Crippen LogP contribution >= 0.6 is 0 Å². The van der Waals surface area contributed by atoms with Crippen LogP contribution in [0.1, 0.15) is 26.5 Å². The molecule has 4 nitrogen and oxygen atoms in total. The first-order chi connectivity index (χ1) is 6.25. The fourth-order valence-corrected chi connectivity index (χ4v) is 1.45. The Hall–Kier alpha value is -1.32. The van der Waals surface area contributed by atoms with Crippen molar-refractivity contribution in [3.05, 3.63) is 32.6 Å². The van der Waals surface area contributed by atoms with Gasteiger partial charge in [-0.3, -0.25) is 9.36 Å². The summed E-state index contributed by atoms with van der Waals surface area (Å²) in [5, 5.41) is 0. The highest BCUT2D eigenvalue weighted by atomic mass is 16.2. The predicted octanol–water partition coefficient (Wildman–Crippen LogP) is 0.382. The van der Waals surface area contributed by atoms with Crippen molar-refractivity contribution >= 4 is 0 Å². The lowest BCUT2D eigenvalue weighted by Gasteiger charge is -2.21. The molecule has 1 aromatic rings. The molecule has 0 fully saturated rings. The first kappa shape index (κ1) is 10.8. The van der Waals surface area contributed by atoms with Crippen molar-refractivity contribution in [2.24, 2.45) is 14.1 Å². The van der Waals surface area contributed by atoms with E-state index in [1.165, 1.54) is 17.7 Å². The molecule has 14 heavy (non-hydrogen) atoms. The normalized spacial score (nSPS) is 11.8. The first-order valence-corrected chi connectivity index (χ1v) is 4.52. The van der Waals surface area contributed by atoms with Gasteiger partial charge >= 0.3 is 5.69 Å². The van der Waals surface area contributed by atoms with Gasteiger partial charge in [0.15, 0.2) is 0 Å². The number of rotatable bonds is 0. The maximum Gasteiger partial charge on any atom is 0.330 e. The van der Waals surface area contributed by atoms with Gasteiger partial charge < -0.3 is 4.57 Å². The first-order valence-electron chi connectivity index (χ1n) is 4.52. The summed E-state index contributed by atoms with van der Waals surface area (Å²) in [7, 11) is 3.17. The fraction of sp³-hybridized carbons (Fsp3) is 0.600. The minimum Gasteiger partial charge on any atom is -0.300 e. The predicted molar refractivity (Wildman–Crippen MR) is 55.6 cm³/mol. The van der Waals surface area contributed by atoms with Gasteiger partial charge in [0, 0.05) is 31.3 Å².